The normalized spacial score (nSPS) is 20.3. The van der Waals surface area contributed by atoms with Crippen LogP contribution in [0.5, 0.6) is 0 Å². The quantitative estimate of drug-likeness (QED) is 0.651. The van der Waals surface area contributed by atoms with E-state index in [9.17, 15) is 4.79 Å². The molecule has 1 atom stereocenters. The van der Waals surface area contributed by atoms with Gasteiger partial charge in [-0.3, -0.25) is 0 Å². The standard InChI is InChI=1S/C9H7BrO/c10-8-1-2-9-6(4-8)3-7(9)5-11/h1-2,4-5,7H,3H2. The summed E-state index contributed by atoms with van der Waals surface area (Å²) in [6.07, 6.45) is 1.94. The molecule has 0 bridgehead atoms. The fourth-order valence-corrected chi connectivity index (χ4v) is 1.86. The van der Waals surface area contributed by atoms with Gasteiger partial charge in [-0.15, -0.1) is 0 Å². The summed E-state index contributed by atoms with van der Waals surface area (Å²) < 4.78 is 1.10. The summed E-state index contributed by atoms with van der Waals surface area (Å²) in [5, 5.41) is 0. The molecule has 1 aliphatic carbocycles. The zero-order valence-corrected chi connectivity index (χ0v) is 7.47. The molecule has 2 rings (SSSR count). The Kier molecular flexibility index (Phi) is 1.57. The van der Waals surface area contributed by atoms with Crippen molar-refractivity contribution < 1.29 is 4.79 Å². The van der Waals surface area contributed by atoms with E-state index >= 15 is 0 Å². The molecule has 0 N–H and O–H groups in total. The second kappa shape index (κ2) is 2.45. The van der Waals surface area contributed by atoms with Gasteiger partial charge in [-0.1, -0.05) is 22.0 Å². The Labute approximate surface area is 73.5 Å². The molecule has 56 valence electrons. The summed E-state index contributed by atoms with van der Waals surface area (Å²) in [6, 6.07) is 6.08. The minimum Gasteiger partial charge on any atom is -0.303 e. The number of halogens is 1. The highest BCUT2D eigenvalue weighted by molar-refractivity contribution is 9.10. The highest BCUT2D eigenvalue weighted by atomic mass is 79.9. The van der Waals surface area contributed by atoms with Crippen LogP contribution in [0.25, 0.3) is 0 Å². The molecular weight excluding hydrogens is 204 g/mol. The summed E-state index contributed by atoms with van der Waals surface area (Å²) in [4.78, 5) is 10.4. The van der Waals surface area contributed by atoms with Gasteiger partial charge < -0.3 is 4.79 Å². The van der Waals surface area contributed by atoms with Gasteiger partial charge in [-0.2, -0.15) is 0 Å². The summed E-state index contributed by atoms with van der Waals surface area (Å²) in [5.74, 6) is 0.165. The van der Waals surface area contributed by atoms with Gasteiger partial charge in [0.1, 0.15) is 6.29 Å². The van der Waals surface area contributed by atoms with Gasteiger partial charge in [0.2, 0.25) is 0 Å². The molecule has 2 heteroatoms. The SMILES string of the molecule is O=CC1Cc2cc(Br)ccc21. The largest absolute Gasteiger partial charge is 0.303 e. The van der Waals surface area contributed by atoms with Crippen LogP contribution in [0.4, 0.5) is 0 Å². The molecule has 11 heavy (non-hydrogen) atoms. The third-order valence-corrected chi connectivity index (χ3v) is 2.60. The zero-order chi connectivity index (χ0) is 7.84. The third-order valence-electron chi connectivity index (χ3n) is 2.11. The minimum absolute atomic E-state index is 0.165. The van der Waals surface area contributed by atoms with Crippen molar-refractivity contribution in [3.8, 4) is 0 Å². The number of fused-ring (bicyclic) bond motifs is 1. The van der Waals surface area contributed by atoms with E-state index < -0.39 is 0 Å². The third kappa shape index (κ3) is 1.02. The lowest BCUT2D eigenvalue weighted by molar-refractivity contribution is -0.109. The minimum atomic E-state index is 0.165. The zero-order valence-electron chi connectivity index (χ0n) is 5.88. The first-order chi connectivity index (χ1) is 5.31. The fourth-order valence-electron chi connectivity index (χ4n) is 1.45. The van der Waals surface area contributed by atoms with E-state index in [1.54, 1.807) is 0 Å². The Morgan fingerprint density at radius 2 is 2.36 bits per heavy atom. The molecule has 0 saturated heterocycles. The fraction of sp³-hybridized carbons (Fsp3) is 0.222. The van der Waals surface area contributed by atoms with Crippen molar-refractivity contribution in [2.24, 2.45) is 0 Å². The lowest BCUT2D eigenvalue weighted by atomic mass is 9.79. The van der Waals surface area contributed by atoms with E-state index in [2.05, 4.69) is 22.0 Å². The van der Waals surface area contributed by atoms with Crippen molar-refractivity contribution in [3.05, 3.63) is 33.8 Å². The van der Waals surface area contributed by atoms with Crippen LogP contribution < -0.4 is 0 Å². The molecular formula is C9H7BrO. The van der Waals surface area contributed by atoms with E-state index in [1.807, 2.05) is 12.1 Å². The first-order valence-corrected chi connectivity index (χ1v) is 4.34. The summed E-state index contributed by atoms with van der Waals surface area (Å²) in [7, 11) is 0. The van der Waals surface area contributed by atoms with Gasteiger partial charge in [0.05, 0.1) is 0 Å². The lowest BCUT2D eigenvalue weighted by Gasteiger charge is -2.25. The van der Waals surface area contributed by atoms with Crippen LogP contribution >= 0.6 is 15.9 Å². The monoisotopic (exact) mass is 210 g/mol. The number of benzene rings is 1. The molecule has 0 radical (unpaired) electrons. The van der Waals surface area contributed by atoms with Gasteiger partial charge in [0, 0.05) is 10.4 Å². The number of rotatable bonds is 1. The summed E-state index contributed by atoms with van der Waals surface area (Å²) >= 11 is 3.38. The van der Waals surface area contributed by atoms with Crippen LogP contribution in [0, 0.1) is 0 Å². The maximum absolute atomic E-state index is 10.4. The van der Waals surface area contributed by atoms with Crippen LogP contribution in [0.15, 0.2) is 22.7 Å². The maximum atomic E-state index is 10.4. The van der Waals surface area contributed by atoms with E-state index in [0.717, 1.165) is 17.2 Å². The van der Waals surface area contributed by atoms with Gasteiger partial charge in [-0.25, -0.2) is 0 Å². The molecule has 0 amide bonds. The van der Waals surface area contributed by atoms with Gasteiger partial charge in [0.15, 0.2) is 0 Å². The lowest BCUT2D eigenvalue weighted by Crippen LogP contribution is -2.17. The Balaban J connectivity index is 2.42. The smallest absolute Gasteiger partial charge is 0.127 e. The molecule has 1 unspecified atom stereocenters. The Morgan fingerprint density at radius 1 is 1.55 bits per heavy atom. The molecule has 0 aromatic heterocycles. The van der Waals surface area contributed by atoms with Gasteiger partial charge >= 0.3 is 0 Å². The average Bonchev–Trinajstić information content (AvgIpc) is 1.95. The molecule has 1 aliphatic rings. The molecule has 0 aliphatic heterocycles. The number of carbonyl (C=O) groups is 1. The maximum Gasteiger partial charge on any atom is 0.127 e. The predicted molar refractivity (Wildman–Crippen MR) is 46.7 cm³/mol. The van der Waals surface area contributed by atoms with Crippen molar-refractivity contribution in [3.63, 3.8) is 0 Å². The first kappa shape index (κ1) is 7.04. The summed E-state index contributed by atoms with van der Waals surface area (Å²) in [6.45, 7) is 0. The number of aldehydes is 1. The highest BCUT2D eigenvalue weighted by Gasteiger charge is 2.24. The van der Waals surface area contributed by atoms with Crippen molar-refractivity contribution in [2.75, 3.05) is 0 Å². The summed E-state index contributed by atoms with van der Waals surface area (Å²) in [5.41, 5.74) is 2.50. The van der Waals surface area contributed by atoms with Crippen LogP contribution in [0.2, 0.25) is 0 Å². The Hall–Kier alpha value is -0.630. The van der Waals surface area contributed by atoms with Crippen molar-refractivity contribution in [2.45, 2.75) is 12.3 Å². The number of hydrogen-bond donors (Lipinski definition) is 0. The molecule has 1 nitrogen and oxygen atoms in total. The Morgan fingerprint density at radius 3 is 3.00 bits per heavy atom. The molecule has 0 saturated carbocycles. The van der Waals surface area contributed by atoms with Gasteiger partial charge in [-0.05, 0) is 29.7 Å². The van der Waals surface area contributed by atoms with E-state index in [0.29, 0.717) is 0 Å². The van der Waals surface area contributed by atoms with E-state index in [-0.39, 0.29) is 5.92 Å². The van der Waals surface area contributed by atoms with Crippen LogP contribution in [0.1, 0.15) is 17.0 Å². The van der Waals surface area contributed by atoms with Crippen LogP contribution in [0.3, 0.4) is 0 Å². The van der Waals surface area contributed by atoms with E-state index in [1.165, 1.54) is 11.1 Å². The molecule has 1 aromatic carbocycles. The topological polar surface area (TPSA) is 17.1 Å². The second-order valence-corrected chi connectivity index (χ2v) is 3.71. The van der Waals surface area contributed by atoms with Crippen LogP contribution in [-0.4, -0.2) is 6.29 Å². The van der Waals surface area contributed by atoms with Gasteiger partial charge in [0.25, 0.3) is 0 Å². The highest BCUT2D eigenvalue weighted by Crippen LogP contribution is 2.34. The molecule has 0 heterocycles. The average molecular weight is 211 g/mol. The van der Waals surface area contributed by atoms with Crippen molar-refractivity contribution in [1.29, 1.82) is 0 Å². The molecule has 1 aromatic rings. The molecule has 0 fully saturated rings. The Bertz CT molecular complexity index is 306. The van der Waals surface area contributed by atoms with Crippen LogP contribution in [-0.2, 0) is 11.2 Å². The first-order valence-electron chi connectivity index (χ1n) is 3.55. The predicted octanol–water partition coefficient (Wildman–Crippen LogP) is 2.29. The number of hydrogen-bond acceptors (Lipinski definition) is 1. The van der Waals surface area contributed by atoms with Crippen molar-refractivity contribution in [1.82, 2.24) is 0 Å². The number of carbonyl (C=O) groups excluding carboxylic acids is 1. The van der Waals surface area contributed by atoms with E-state index in [4.69, 9.17) is 0 Å². The molecule has 0 spiro atoms. The second-order valence-electron chi connectivity index (χ2n) is 2.79. The van der Waals surface area contributed by atoms with Crippen molar-refractivity contribution >= 4 is 22.2 Å².